The molecule has 2 aromatic carbocycles. The number of hydrogen-bond acceptors (Lipinski definition) is 10. The zero-order chi connectivity index (χ0) is 39.2. The second-order valence-electron chi connectivity index (χ2n) is 15.8. The van der Waals surface area contributed by atoms with Gasteiger partial charge in [0.15, 0.2) is 11.6 Å². The molecule has 0 saturated carbocycles. The maximum Gasteiger partial charge on any atom is 0.410 e. The Labute approximate surface area is 331 Å². The minimum absolute atomic E-state index is 0. The van der Waals surface area contributed by atoms with Gasteiger partial charge in [0, 0.05) is 56.7 Å². The Morgan fingerprint density at radius 1 is 0.857 bits per heavy atom. The molecule has 0 spiro atoms. The maximum absolute atomic E-state index is 14.5. The predicted molar refractivity (Wildman–Crippen MR) is 220 cm³/mol. The van der Waals surface area contributed by atoms with Crippen molar-refractivity contribution in [1.29, 1.82) is 0 Å². The minimum Gasteiger partial charge on any atom is -0.444 e. The summed E-state index contributed by atoms with van der Waals surface area (Å²) in [7, 11) is 0. The molecule has 1 atom stereocenters. The summed E-state index contributed by atoms with van der Waals surface area (Å²) in [6.45, 7) is 18.2. The number of amides is 3. The highest BCUT2D eigenvalue weighted by atomic mass is 19.1. The molecule has 56 heavy (non-hydrogen) atoms. The first kappa shape index (κ1) is 45.0. The average Bonchev–Trinajstić information content (AvgIpc) is 3.11. The smallest absolute Gasteiger partial charge is 0.410 e. The van der Waals surface area contributed by atoms with E-state index in [9.17, 15) is 18.8 Å². The van der Waals surface area contributed by atoms with Gasteiger partial charge in [-0.1, -0.05) is 33.6 Å². The van der Waals surface area contributed by atoms with Crippen LogP contribution >= 0.6 is 0 Å². The summed E-state index contributed by atoms with van der Waals surface area (Å²) in [5.74, 6) is -0.328. The average molecular weight is 777 g/mol. The number of anilines is 4. The molecule has 4 heterocycles. The van der Waals surface area contributed by atoms with Crippen LogP contribution in [0.15, 0.2) is 55.3 Å². The SMILES string of the molecule is C.C.C=CC(=O)N1CCC[C@@H](Nc2nc(Nc3ccc4c(c3)CCN(C(=O)OC(C)(C)C)C4)ncc2F)C1.CC(C)(C)OC(=O)N1CCc2cc(N)ccc2C1. The van der Waals surface area contributed by atoms with Crippen LogP contribution in [0.4, 0.5) is 37.1 Å². The molecule has 4 N–H and O–H groups in total. The summed E-state index contributed by atoms with van der Waals surface area (Å²) in [6.07, 6.45) is 5.01. The molecule has 3 aliphatic heterocycles. The number of nitrogens with zero attached hydrogens (tertiary/aromatic N) is 5. The lowest BCUT2D eigenvalue weighted by Crippen LogP contribution is -2.44. The number of benzene rings is 2. The molecule has 3 amide bonds. The molecule has 306 valence electrons. The first-order chi connectivity index (χ1) is 25.5. The van der Waals surface area contributed by atoms with Crippen molar-refractivity contribution < 1.29 is 28.2 Å². The lowest BCUT2D eigenvalue weighted by atomic mass is 9.99. The number of nitrogens with one attached hydrogen (secondary N) is 2. The quantitative estimate of drug-likeness (QED) is 0.171. The Kier molecular flexibility index (Phi) is 15.2. The molecule has 1 aromatic heterocycles. The first-order valence-corrected chi connectivity index (χ1v) is 18.4. The number of ether oxygens (including phenoxy) is 2. The summed E-state index contributed by atoms with van der Waals surface area (Å²) in [5, 5.41) is 6.27. The second-order valence-corrected chi connectivity index (χ2v) is 15.8. The fraction of sp³-hybridized carbons (Fsp3) is 0.500. The van der Waals surface area contributed by atoms with Gasteiger partial charge >= 0.3 is 12.2 Å². The molecule has 0 unspecified atom stereocenters. The molecule has 0 aliphatic carbocycles. The minimum atomic E-state index is -0.555. The predicted octanol–water partition coefficient (Wildman–Crippen LogP) is 8.08. The van der Waals surface area contributed by atoms with E-state index in [4.69, 9.17) is 15.2 Å². The van der Waals surface area contributed by atoms with Gasteiger partial charge in [-0.15, -0.1) is 0 Å². The van der Waals surface area contributed by atoms with E-state index >= 15 is 0 Å². The van der Waals surface area contributed by atoms with Gasteiger partial charge in [0.2, 0.25) is 11.9 Å². The van der Waals surface area contributed by atoms with Crippen molar-refractivity contribution in [2.75, 3.05) is 42.5 Å². The van der Waals surface area contributed by atoms with Gasteiger partial charge in [0.25, 0.3) is 0 Å². The Balaban J connectivity index is 0.000000355. The van der Waals surface area contributed by atoms with Crippen molar-refractivity contribution in [3.05, 3.63) is 83.3 Å². The first-order valence-electron chi connectivity index (χ1n) is 18.4. The van der Waals surface area contributed by atoms with Crippen LogP contribution in [0, 0.1) is 5.82 Å². The number of hydrogen-bond donors (Lipinski definition) is 3. The summed E-state index contributed by atoms with van der Waals surface area (Å²) in [5.41, 5.74) is 10.9. The van der Waals surface area contributed by atoms with E-state index in [1.54, 1.807) is 14.7 Å². The fourth-order valence-corrected chi connectivity index (χ4v) is 6.44. The number of carbonyl (C=O) groups excluding carboxylic acids is 3. The highest BCUT2D eigenvalue weighted by Crippen LogP contribution is 2.27. The number of piperidine rings is 1. The Morgan fingerprint density at radius 3 is 2.00 bits per heavy atom. The van der Waals surface area contributed by atoms with Crippen LogP contribution < -0.4 is 16.4 Å². The van der Waals surface area contributed by atoms with Crippen LogP contribution in [0.5, 0.6) is 0 Å². The van der Waals surface area contributed by atoms with Gasteiger partial charge in [-0.3, -0.25) is 4.79 Å². The lowest BCUT2D eigenvalue weighted by Gasteiger charge is -2.32. The Morgan fingerprint density at radius 2 is 1.43 bits per heavy atom. The van der Waals surface area contributed by atoms with Gasteiger partial charge in [-0.05, 0) is 120 Å². The van der Waals surface area contributed by atoms with Crippen LogP contribution in [0.1, 0.15) is 91.5 Å². The second kappa shape index (κ2) is 19.0. The number of likely N-dealkylation sites (tertiary alicyclic amines) is 1. The third-order valence-corrected chi connectivity index (χ3v) is 9.01. The molecule has 1 fully saturated rings. The highest BCUT2D eigenvalue weighted by molar-refractivity contribution is 5.87. The molecule has 1 saturated heterocycles. The van der Waals surface area contributed by atoms with Gasteiger partial charge in [0.05, 0.1) is 6.20 Å². The van der Waals surface area contributed by atoms with Crippen molar-refractivity contribution in [3.8, 4) is 0 Å². The topological polar surface area (TPSA) is 155 Å². The molecule has 14 heteroatoms. The zero-order valence-corrected chi connectivity index (χ0v) is 32.2. The third-order valence-electron chi connectivity index (χ3n) is 9.01. The van der Waals surface area contributed by atoms with E-state index in [2.05, 4.69) is 27.2 Å². The standard InChI is InChI=1S/C26H33FN6O3.C14H20N2O2.2CH4/c1-5-22(34)32-11-6-7-20(16-32)29-23-21(27)14-28-24(31-23)30-19-9-8-18-15-33(12-10-17(18)13-19)25(35)36-26(2,3)4;1-14(2,3)18-13(17)16-7-6-10-8-12(15)5-4-11(10)9-16;;/h5,8-9,13-14,20H,1,6-7,10-12,15-16H2,2-4H3,(H2,28,29,30,31);4-5,8H,6-7,9,15H2,1-3H3;2*1H4/t20-;;;/m1.../s1. The largest absolute Gasteiger partial charge is 0.444 e. The van der Waals surface area contributed by atoms with E-state index in [-0.39, 0.29) is 50.8 Å². The van der Waals surface area contributed by atoms with Crippen molar-refractivity contribution in [3.63, 3.8) is 0 Å². The number of rotatable bonds is 5. The van der Waals surface area contributed by atoms with E-state index in [1.165, 1.54) is 11.6 Å². The van der Waals surface area contributed by atoms with Crippen molar-refractivity contribution in [2.24, 2.45) is 0 Å². The summed E-state index contributed by atoms with van der Waals surface area (Å²) in [4.78, 5) is 49.9. The third kappa shape index (κ3) is 12.6. The molecular weight excluding hydrogens is 716 g/mol. The van der Waals surface area contributed by atoms with Crippen molar-refractivity contribution in [1.82, 2.24) is 24.7 Å². The van der Waals surface area contributed by atoms with Crippen LogP contribution in [0.2, 0.25) is 0 Å². The van der Waals surface area contributed by atoms with Gasteiger partial charge in [-0.2, -0.15) is 4.98 Å². The number of carbonyl (C=O) groups is 3. The van der Waals surface area contributed by atoms with E-state index < -0.39 is 17.0 Å². The van der Waals surface area contributed by atoms with Crippen LogP contribution in [-0.4, -0.2) is 86.2 Å². The monoisotopic (exact) mass is 776 g/mol. The number of fused-ring (bicyclic) bond motifs is 2. The summed E-state index contributed by atoms with van der Waals surface area (Å²) in [6, 6.07) is 11.6. The number of halogens is 1. The number of nitrogens with two attached hydrogens (primary N) is 1. The number of aromatic nitrogens is 2. The van der Waals surface area contributed by atoms with Crippen LogP contribution in [-0.2, 0) is 40.2 Å². The number of nitrogen functional groups attached to an aromatic ring is 1. The van der Waals surface area contributed by atoms with E-state index in [1.807, 2.05) is 77.9 Å². The molecule has 6 rings (SSSR count). The zero-order valence-electron chi connectivity index (χ0n) is 32.2. The van der Waals surface area contributed by atoms with E-state index in [0.29, 0.717) is 45.7 Å². The van der Waals surface area contributed by atoms with Gasteiger partial charge in [0.1, 0.15) is 11.2 Å². The molecule has 0 radical (unpaired) electrons. The lowest BCUT2D eigenvalue weighted by molar-refractivity contribution is -0.127. The van der Waals surface area contributed by atoms with Gasteiger partial charge in [-0.25, -0.2) is 19.0 Å². The van der Waals surface area contributed by atoms with Crippen molar-refractivity contribution >= 4 is 41.2 Å². The Bertz CT molecular complexity index is 1860. The van der Waals surface area contributed by atoms with E-state index in [0.717, 1.165) is 53.5 Å². The fourth-order valence-electron chi connectivity index (χ4n) is 6.44. The highest BCUT2D eigenvalue weighted by Gasteiger charge is 2.28. The summed E-state index contributed by atoms with van der Waals surface area (Å²) < 4.78 is 25.3. The van der Waals surface area contributed by atoms with Crippen LogP contribution in [0.3, 0.4) is 0 Å². The molecular formula is C42H61FN8O5. The molecule has 0 bridgehead atoms. The van der Waals surface area contributed by atoms with Crippen molar-refractivity contribution in [2.45, 2.75) is 112 Å². The molecule has 13 nitrogen and oxygen atoms in total. The molecule has 3 aliphatic rings. The normalized spacial score (nSPS) is 16.3. The Hall–Kier alpha value is -5.40. The maximum atomic E-state index is 14.5. The van der Waals surface area contributed by atoms with Crippen LogP contribution in [0.25, 0.3) is 0 Å². The van der Waals surface area contributed by atoms with Gasteiger partial charge < -0.3 is 40.5 Å². The molecule has 3 aromatic rings. The summed E-state index contributed by atoms with van der Waals surface area (Å²) >= 11 is 0.